The van der Waals surface area contributed by atoms with Crippen LogP contribution in [0.25, 0.3) is 22.7 Å². The van der Waals surface area contributed by atoms with Crippen molar-refractivity contribution >= 4 is 17.2 Å². The van der Waals surface area contributed by atoms with E-state index in [-0.39, 0.29) is 5.91 Å². The van der Waals surface area contributed by atoms with Gasteiger partial charge in [0.1, 0.15) is 6.33 Å². The summed E-state index contributed by atoms with van der Waals surface area (Å²) in [7, 11) is 0. The van der Waals surface area contributed by atoms with Crippen LogP contribution >= 0.6 is 0 Å². The second kappa shape index (κ2) is 7.49. The number of fused-ring (bicyclic) bond motifs is 1. The minimum Gasteiger partial charge on any atom is -0.320 e. The summed E-state index contributed by atoms with van der Waals surface area (Å²) in [5, 5.41) is 11.7. The van der Waals surface area contributed by atoms with Crippen LogP contribution in [0.5, 0.6) is 0 Å². The van der Waals surface area contributed by atoms with Gasteiger partial charge in [-0.15, -0.1) is 0 Å². The monoisotopic (exact) mass is 409 g/mol. The SMILES string of the molecule is Cc1cccc(-n2nc(C(=O)Nc3ccccc3C)cc2-c2ccc3ncnn3c2)n1. The summed E-state index contributed by atoms with van der Waals surface area (Å²) >= 11 is 0. The number of rotatable bonds is 4. The molecule has 1 amide bonds. The maximum atomic E-state index is 13.0. The summed E-state index contributed by atoms with van der Waals surface area (Å²) < 4.78 is 3.36. The fourth-order valence-electron chi connectivity index (χ4n) is 3.39. The number of aryl methyl sites for hydroxylation is 2. The van der Waals surface area contributed by atoms with Crippen LogP contribution in [0.1, 0.15) is 21.7 Å². The van der Waals surface area contributed by atoms with Crippen molar-refractivity contribution in [3.8, 4) is 17.1 Å². The van der Waals surface area contributed by atoms with Crippen molar-refractivity contribution < 1.29 is 4.79 Å². The molecule has 8 heteroatoms. The lowest BCUT2D eigenvalue weighted by atomic mass is 10.2. The lowest BCUT2D eigenvalue weighted by Crippen LogP contribution is -2.14. The highest BCUT2D eigenvalue weighted by molar-refractivity contribution is 6.04. The molecule has 31 heavy (non-hydrogen) atoms. The quantitative estimate of drug-likeness (QED) is 0.487. The van der Waals surface area contributed by atoms with Gasteiger partial charge in [-0.25, -0.2) is 19.2 Å². The van der Waals surface area contributed by atoms with Crippen LogP contribution in [0.3, 0.4) is 0 Å². The van der Waals surface area contributed by atoms with Gasteiger partial charge in [-0.1, -0.05) is 24.3 Å². The van der Waals surface area contributed by atoms with Gasteiger partial charge >= 0.3 is 0 Å². The van der Waals surface area contributed by atoms with E-state index in [9.17, 15) is 4.79 Å². The van der Waals surface area contributed by atoms with E-state index in [0.29, 0.717) is 11.5 Å². The molecule has 0 unspecified atom stereocenters. The molecule has 4 heterocycles. The van der Waals surface area contributed by atoms with E-state index >= 15 is 0 Å². The summed E-state index contributed by atoms with van der Waals surface area (Å²) in [4.78, 5) is 21.8. The molecular weight excluding hydrogens is 390 g/mol. The standard InChI is InChI=1S/C23H19N7O/c1-15-6-3-4-8-18(15)27-23(31)19-12-20(17-10-11-21-24-14-25-29(21)13-17)30(28-19)22-9-5-7-16(2)26-22/h3-14H,1-2H3,(H,27,31). The number of carbonyl (C=O) groups excluding carboxylic acids is 1. The zero-order chi connectivity index (χ0) is 21.4. The maximum Gasteiger partial charge on any atom is 0.276 e. The Kier molecular flexibility index (Phi) is 4.51. The highest BCUT2D eigenvalue weighted by Gasteiger charge is 2.19. The lowest BCUT2D eigenvalue weighted by Gasteiger charge is -2.07. The Bertz CT molecular complexity index is 1420. The Labute approximate surface area is 178 Å². The minimum atomic E-state index is -0.288. The largest absolute Gasteiger partial charge is 0.320 e. The van der Waals surface area contributed by atoms with E-state index in [1.807, 2.05) is 74.6 Å². The number of nitrogens with zero attached hydrogens (tertiary/aromatic N) is 6. The van der Waals surface area contributed by atoms with Crippen LogP contribution in [0.2, 0.25) is 0 Å². The van der Waals surface area contributed by atoms with Gasteiger partial charge in [0.15, 0.2) is 17.2 Å². The highest BCUT2D eigenvalue weighted by atomic mass is 16.2. The fourth-order valence-corrected chi connectivity index (χ4v) is 3.39. The van der Waals surface area contributed by atoms with Crippen molar-refractivity contribution in [3.05, 3.63) is 90.1 Å². The molecule has 0 radical (unpaired) electrons. The van der Waals surface area contributed by atoms with Gasteiger partial charge in [0.25, 0.3) is 5.91 Å². The van der Waals surface area contributed by atoms with Crippen LogP contribution in [0.15, 0.2) is 73.2 Å². The summed E-state index contributed by atoms with van der Waals surface area (Å²) in [6.45, 7) is 3.86. The molecule has 0 saturated heterocycles. The molecule has 0 fully saturated rings. The third-order valence-corrected chi connectivity index (χ3v) is 5.00. The van der Waals surface area contributed by atoms with Crippen LogP contribution in [-0.4, -0.2) is 35.3 Å². The maximum absolute atomic E-state index is 13.0. The molecule has 1 aromatic carbocycles. The third-order valence-electron chi connectivity index (χ3n) is 5.00. The summed E-state index contributed by atoms with van der Waals surface area (Å²) in [5.74, 6) is 0.340. The molecule has 0 saturated carbocycles. The Morgan fingerprint density at radius 3 is 2.71 bits per heavy atom. The first-order valence-electron chi connectivity index (χ1n) is 9.79. The van der Waals surface area contributed by atoms with E-state index in [1.54, 1.807) is 15.3 Å². The van der Waals surface area contributed by atoms with E-state index < -0.39 is 0 Å². The molecule has 5 aromatic rings. The van der Waals surface area contributed by atoms with Crippen molar-refractivity contribution in [3.63, 3.8) is 0 Å². The first-order chi connectivity index (χ1) is 15.1. The number of aromatic nitrogens is 6. The third kappa shape index (κ3) is 3.55. The highest BCUT2D eigenvalue weighted by Crippen LogP contribution is 2.25. The molecule has 1 N–H and O–H groups in total. The average Bonchev–Trinajstić information content (AvgIpc) is 3.42. The van der Waals surface area contributed by atoms with Crippen molar-refractivity contribution in [2.45, 2.75) is 13.8 Å². The minimum absolute atomic E-state index is 0.288. The fraction of sp³-hybridized carbons (Fsp3) is 0.0870. The van der Waals surface area contributed by atoms with E-state index in [1.165, 1.54) is 6.33 Å². The first-order valence-corrected chi connectivity index (χ1v) is 9.79. The van der Waals surface area contributed by atoms with E-state index in [4.69, 9.17) is 0 Å². The zero-order valence-electron chi connectivity index (χ0n) is 17.0. The van der Waals surface area contributed by atoms with Gasteiger partial charge in [-0.05, 0) is 55.8 Å². The lowest BCUT2D eigenvalue weighted by molar-refractivity contribution is 0.102. The molecule has 4 aromatic heterocycles. The normalized spacial score (nSPS) is 11.0. The van der Waals surface area contributed by atoms with Crippen LogP contribution < -0.4 is 5.32 Å². The average molecular weight is 409 g/mol. The Morgan fingerprint density at radius 2 is 1.87 bits per heavy atom. The first kappa shape index (κ1) is 18.7. The molecular formula is C23H19N7O. The van der Waals surface area contributed by atoms with Crippen molar-refractivity contribution in [1.29, 1.82) is 0 Å². The number of para-hydroxylation sites is 1. The number of amides is 1. The Morgan fingerprint density at radius 1 is 1.00 bits per heavy atom. The molecule has 0 bridgehead atoms. The number of nitrogens with one attached hydrogen (secondary N) is 1. The van der Waals surface area contributed by atoms with Crippen LogP contribution in [0, 0.1) is 13.8 Å². The Balaban J connectivity index is 1.61. The molecule has 8 nitrogen and oxygen atoms in total. The summed E-state index contributed by atoms with van der Waals surface area (Å²) in [6, 6.07) is 18.9. The van der Waals surface area contributed by atoms with Crippen LogP contribution in [0.4, 0.5) is 5.69 Å². The van der Waals surface area contributed by atoms with Crippen molar-refractivity contribution in [1.82, 2.24) is 29.4 Å². The molecule has 152 valence electrons. The van der Waals surface area contributed by atoms with Crippen molar-refractivity contribution in [2.24, 2.45) is 0 Å². The predicted octanol–water partition coefficient (Wildman–Crippen LogP) is 3.85. The predicted molar refractivity (Wildman–Crippen MR) is 117 cm³/mol. The molecule has 0 aliphatic heterocycles. The van der Waals surface area contributed by atoms with Gasteiger partial charge in [-0.2, -0.15) is 10.2 Å². The van der Waals surface area contributed by atoms with Gasteiger partial charge in [0.2, 0.25) is 0 Å². The second-order valence-corrected chi connectivity index (χ2v) is 7.21. The van der Waals surface area contributed by atoms with Crippen molar-refractivity contribution in [2.75, 3.05) is 5.32 Å². The number of benzene rings is 1. The number of hydrogen-bond donors (Lipinski definition) is 1. The number of carbonyl (C=O) groups is 1. The number of hydrogen-bond acceptors (Lipinski definition) is 5. The van der Waals surface area contributed by atoms with Gasteiger partial charge in [0.05, 0.1) is 5.69 Å². The topological polar surface area (TPSA) is 90.0 Å². The Hall–Kier alpha value is -4.33. The molecule has 0 aliphatic rings. The molecule has 0 spiro atoms. The smallest absolute Gasteiger partial charge is 0.276 e. The second-order valence-electron chi connectivity index (χ2n) is 7.21. The van der Waals surface area contributed by atoms with Gasteiger partial charge in [-0.3, -0.25) is 4.79 Å². The van der Waals surface area contributed by atoms with E-state index in [0.717, 1.165) is 33.8 Å². The summed E-state index contributed by atoms with van der Waals surface area (Å²) in [5.41, 5.74) is 5.18. The summed E-state index contributed by atoms with van der Waals surface area (Å²) in [6.07, 6.45) is 3.36. The van der Waals surface area contributed by atoms with Crippen LogP contribution in [-0.2, 0) is 0 Å². The van der Waals surface area contributed by atoms with E-state index in [2.05, 4.69) is 25.5 Å². The molecule has 5 rings (SSSR count). The molecule has 0 atom stereocenters. The number of pyridine rings is 2. The molecule has 0 aliphatic carbocycles. The van der Waals surface area contributed by atoms with Gasteiger partial charge < -0.3 is 5.32 Å². The van der Waals surface area contributed by atoms with Gasteiger partial charge in [0, 0.05) is 23.1 Å². The zero-order valence-corrected chi connectivity index (χ0v) is 17.0. The number of anilines is 1.